The van der Waals surface area contributed by atoms with E-state index in [9.17, 15) is 9.18 Å². The van der Waals surface area contributed by atoms with E-state index in [0.717, 1.165) is 12.8 Å². The van der Waals surface area contributed by atoms with Gasteiger partial charge in [-0.2, -0.15) is 4.98 Å². The average molecular weight is 511 g/mol. The lowest BCUT2D eigenvalue weighted by Gasteiger charge is -2.29. The molecule has 9 nitrogen and oxygen atoms in total. The van der Waals surface area contributed by atoms with E-state index in [1.165, 1.54) is 24.4 Å². The highest BCUT2D eigenvalue weighted by atomic mass is 19.1. The fourth-order valence-corrected chi connectivity index (χ4v) is 3.83. The zero-order valence-corrected chi connectivity index (χ0v) is 21.4. The van der Waals surface area contributed by atoms with Gasteiger partial charge in [-0.05, 0) is 70.0 Å². The van der Waals surface area contributed by atoms with Crippen LogP contribution in [0.5, 0.6) is 29.1 Å². The molecule has 0 saturated carbocycles. The Morgan fingerprint density at radius 2 is 1.86 bits per heavy atom. The molecule has 37 heavy (non-hydrogen) atoms. The molecular formula is C27H31FN4O5. The second-order valence-electron chi connectivity index (χ2n) is 9.56. The highest BCUT2D eigenvalue weighted by molar-refractivity contribution is 5.69. The quantitative estimate of drug-likeness (QED) is 0.393. The highest BCUT2D eigenvalue weighted by Crippen LogP contribution is 2.31. The maximum absolute atomic E-state index is 13.6. The molecule has 1 atom stereocenters. The number of amides is 1. The molecule has 1 aliphatic rings. The van der Waals surface area contributed by atoms with Gasteiger partial charge in [-0.25, -0.2) is 14.2 Å². The summed E-state index contributed by atoms with van der Waals surface area (Å²) in [5, 5.41) is 3.31. The zero-order chi connectivity index (χ0) is 26.4. The molecule has 1 aliphatic heterocycles. The molecule has 2 aromatic carbocycles. The lowest BCUT2D eigenvalue weighted by Crippen LogP contribution is -2.42. The van der Waals surface area contributed by atoms with Crippen LogP contribution in [0.1, 0.15) is 33.6 Å². The lowest BCUT2D eigenvalue weighted by atomic mass is 10.2. The predicted molar refractivity (Wildman–Crippen MR) is 136 cm³/mol. The monoisotopic (exact) mass is 510 g/mol. The number of anilines is 1. The number of carbonyl (C=O) groups excluding carboxylic acids is 1. The third-order valence-corrected chi connectivity index (χ3v) is 5.54. The van der Waals surface area contributed by atoms with E-state index in [4.69, 9.17) is 18.9 Å². The largest absolute Gasteiger partial charge is 0.497 e. The molecule has 1 fully saturated rings. The molecule has 10 heteroatoms. The first-order chi connectivity index (χ1) is 17.7. The molecule has 2 heterocycles. The number of methoxy groups -OCH3 is 1. The number of halogens is 1. The first-order valence-electron chi connectivity index (χ1n) is 12.1. The summed E-state index contributed by atoms with van der Waals surface area (Å²) in [6.07, 6.45) is 2.93. The lowest BCUT2D eigenvalue weighted by molar-refractivity contribution is 0.0235. The van der Waals surface area contributed by atoms with Gasteiger partial charge in [0.05, 0.1) is 19.3 Å². The molecule has 0 aliphatic carbocycles. The Kier molecular flexibility index (Phi) is 7.95. The number of hydrogen-bond acceptors (Lipinski definition) is 8. The summed E-state index contributed by atoms with van der Waals surface area (Å²) >= 11 is 0. The van der Waals surface area contributed by atoms with Gasteiger partial charge >= 0.3 is 12.1 Å². The SMILES string of the molecule is COc1ccc(Oc2nc(Oc3cccc(F)c3)ncc2NC[C@@H]2CCCN2C(=O)OC(C)(C)C)cc1. The van der Waals surface area contributed by atoms with E-state index < -0.39 is 11.4 Å². The van der Waals surface area contributed by atoms with Gasteiger partial charge in [0.2, 0.25) is 5.88 Å². The minimum atomic E-state index is -0.567. The van der Waals surface area contributed by atoms with Gasteiger partial charge < -0.3 is 29.2 Å². The molecule has 3 aromatic rings. The van der Waals surface area contributed by atoms with Crippen LogP contribution in [0.15, 0.2) is 54.7 Å². The summed E-state index contributed by atoms with van der Waals surface area (Å²) in [5.41, 5.74) is -0.0546. The zero-order valence-electron chi connectivity index (χ0n) is 21.4. The van der Waals surface area contributed by atoms with Crippen LogP contribution in [0.3, 0.4) is 0 Å². The molecule has 0 radical (unpaired) electrons. The summed E-state index contributed by atoms with van der Waals surface area (Å²) in [6, 6.07) is 12.7. The van der Waals surface area contributed by atoms with E-state index >= 15 is 0 Å². The smallest absolute Gasteiger partial charge is 0.410 e. The van der Waals surface area contributed by atoms with Gasteiger partial charge in [0.25, 0.3) is 0 Å². The van der Waals surface area contributed by atoms with Crippen LogP contribution in [0, 0.1) is 5.82 Å². The van der Waals surface area contributed by atoms with Crippen LogP contribution < -0.4 is 19.5 Å². The Hall–Kier alpha value is -4.08. The van der Waals surface area contributed by atoms with Crippen molar-refractivity contribution < 1.29 is 28.1 Å². The standard InChI is InChI=1S/C27H31FN4O5/c1-27(2,3)37-26(33)32-14-6-8-19(32)16-29-23-17-30-25(36-22-9-5-7-18(28)15-22)31-24(23)35-21-12-10-20(34-4)11-13-21/h5,7,9-13,15,17,19,29H,6,8,14,16H2,1-4H3/t19-/m0/s1. The highest BCUT2D eigenvalue weighted by Gasteiger charge is 2.32. The van der Waals surface area contributed by atoms with Crippen LogP contribution in [0.4, 0.5) is 14.9 Å². The van der Waals surface area contributed by atoms with Crippen molar-refractivity contribution in [2.24, 2.45) is 0 Å². The van der Waals surface area contributed by atoms with E-state index in [1.807, 2.05) is 20.8 Å². The van der Waals surface area contributed by atoms with Crippen molar-refractivity contribution in [1.29, 1.82) is 0 Å². The van der Waals surface area contributed by atoms with Gasteiger partial charge in [-0.15, -0.1) is 0 Å². The van der Waals surface area contributed by atoms with Crippen molar-refractivity contribution in [3.63, 3.8) is 0 Å². The topological polar surface area (TPSA) is 95.0 Å². The van der Waals surface area contributed by atoms with Crippen LogP contribution in [0.25, 0.3) is 0 Å². The molecule has 0 spiro atoms. The molecule has 196 valence electrons. The van der Waals surface area contributed by atoms with E-state index in [2.05, 4.69) is 15.3 Å². The molecular weight excluding hydrogens is 479 g/mol. The summed E-state index contributed by atoms with van der Waals surface area (Å²) in [7, 11) is 1.59. The summed E-state index contributed by atoms with van der Waals surface area (Å²) in [5.74, 6) is 1.25. The van der Waals surface area contributed by atoms with Crippen molar-refractivity contribution >= 4 is 11.8 Å². The normalized spacial score (nSPS) is 15.3. The van der Waals surface area contributed by atoms with Crippen molar-refractivity contribution in [2.75, 3.05) is 25.5 Å². The minimum Gasteiger partial charge on any atom is -0.497 e. The Morgan fingerprint density at radius 3 is 2.57 bits per heavy atom. The molecule has 1 N–H and O–H groups in total. The Morgan fingerprint density at radius 1 is 1.11 bits per heavy atom. The number of ether oxygens (including phenoxy) is 4. The fourth-order valence-electron chi connectivity index (χ4n) is 3.83. The van der Waals surface area contributed by atoms with Crippen molar-refractivity contribution in [3.05, 3.63) is 60.5 Å². The van der Waals surface area contributed by atoms with Gasteiger partial charge in [0.15, 0.2) is 0 Å². The Bertz CT molecular complexity index is 1220. The Labute approximate surface area is 215 Å². The van der Waals surface area contributed by atoms with Gasteiger partial charge in [0.1, 0.15) is 34.4 Å². The predicted octanol–water partition coefficient (Wildman–Crippen LogP) is 6.02. The fraction of sp³-hybridized carbons (Fsp3) is 0.370. The van der Waals surface area contributed by atoms with Crippen LogP contribution in [-0.4, -0.2) is 52.8 Å². The number of rotatable bonds is 8. The molecule has 1 amide bonds. The van der Waals surface area contributed by atoms with Crippen molar-refractivity contribution in [1.82, 2.24) is 14.9 Å². The molecule has 0 bridgehead atoms. The first-order valence-corrected chi connectivity index (χ1v) is 12.1. The summed E-state index contributed by atoms with van der Waals surface area (Å²) < 4.78 is 36.0. The second kappa shape index (κ2) is 11.3. The van der Waals surface area contributed by atoms with E-state index in [0.29, 0.717) is 30.3 Å². The van der Waals surface area contributed by atoms with E-state index in [-0.39, 0.29) is 29.8 Å². The van der Waals surface area contributed by atoms with Crippen LogP contribution in [-0.2, 0) is 4.74 Å². The molecule has 1 aromatic heterocycles. The number of benzene rings is 2. The van der Waals surface area contributed by atoms with Gasteiger partial charge in [-0.3, -0.25) is 0 Å². The number of likely N-dealkylation sites (tertiary alicyclic amines) is 1. The number of nitrogens with zero attached hydrogens (tertiary/aromatic N) is 3. The number of nitrogens with one attached hydrogen (secondary N) is 1. The van der Waals surface area contributed by atoms with Crippen LogP contribution >= 0.6 is 0 Å². The molecule has 4 rings (SSSR count). The van der Waals surface area contributed by atoms with Gasteiger partial charge in [0, 0.05) is 19.2 Å². The maximum atomic E-state index is 13.6. The summed E-state index contributed by atoms with van der Waals surface area (Å²) in [6.45, 7) is 6.63. The third-order valence-electron chi connectivity index (χ3n) is 5.54. The van der Waals surface area contributed by atoms with Crippen molar-refractivity contribution in [3.8, 4) is 29.1 Å². The maximum Gasteiger partial charge on any atom is 0.410 e. The number of hydrogen-bond donors (Lipinski definition) is 1. The van der Waals surface area contributed by atoms with E-state index in [1.54, 1.807) is 42.3 Å². The summed E-state index contributed by atoms with van der Waals surface area (Å²) in [4.78, 5) is 23.1. The van der Waals surface area contributed by atoms with Crippen molar-refractivity contribution in [2.45, 2.75) is 45.3 Å². The molecule has 1 saturated heterocycles. The minimum absolute atomic E-state index is 0.00379. The average Bonchev–Trinajstić information content (AvgIpc) is 3.32. The van der Waals surface area contributed by atoms with Gasteiger partial charge in [-0.1, -0.05) is 6.07 Å². The second-order valence-corrected chi connectivity index (χ2v) is 9.56. The first kappa shape index (κ1) is 26.0. The number of carbonyl (C=O) groups is 1. The third kappa shape index (κ3) is 7.22. The molecule has 0 unspecified atom stereocenters. The van der Waals surface area contributed by atoms with Crippen LogP contribution in [0.2, 0.25) is 0 Å². The number of aromatic nitrogens is 2. The Balaban J connectivity index is 1.52.